The van der Waals surface area contributed by atoms with Crippen molar-refractivity contribution in [2.45, 2.75) is 31.9 Å². The Morgan fingerprint density at radius 1 is 1.29 bits per heavy atom. The first-order chi connectivity index (χ1) is 9.90. The molecule has 6 heteroatoms. The second-order valence-electron chi connectivity index (χ2n) is 5.09. The summed E-state index contributed by atoms with van der Waals surface area (Å²) in [7, 11) is 1.57. The second kappa shape index (κ2) is 8.26. The van der Waals surface area contributed by atoms with E-state index in [4.69, 9.17) is 0 Å². The topological polar surface area (TPSA) is 89.9 Å². The number of rotatable bonds is 7. The summed E-state index contributed by atoms with van der Waals surface area (Å²) in [4.78, 5) is 24.6. The molecule has 2 amide bonds. The molecule has 0 saturated carbocycles. The van der Waals surface area contributed by atoms with Gasteiger partial charge in [-0.1, -0.05) is 30.3 Å². The van der Waals surface area contributed by atoms with Gasteiger partial charge in [-0.25, -0.2) is 9.59 Å². The Bertz CT molecular complexity index is 462. The van der Waals surface area contributed by atoms with Crippen LogP contribution in [0.1, 0.15) is 18.9 Å². The van der Waals surface area contributed by atoms with Gasteiger partial charge in [0.2, 0.25) is 0 Å². The van der Waals surface area contributed by atoms with E-state index < -0.39 is 24.1 Å². The van der Waals surface area contributed by atoms with Crippen LogP contribution in [0, 0.1) is 0 Å². The van der Waals surface area contributed by atoms with Gasteiger partial charge in [0.05, 0.1) is 6.10 Å². The van der Waals surface area contributed by atoms with Gasteiger partial charge in [0.1, 0.15) is 6.04 Å². The van der Waals surface area contributed by atoms with E-state index in [2.05, 4.69) is 5.32 Å². The van der Waals surface area contributed by atoms with Gasteiger partial charge in [-0.3, -0.25) is 0 Å². The van der Waals surface area contributed by atoms with E-state index in [1.165, 1.54) is 4.90 Å². The fourth-order valence-electron chi connectivity index (χ4n) is 1.79. The molecule has 0 aliphatic carbocycles. The molecule has 116 valence electrons. The number of carbonyl (C=O) groups excluding carboxylic acids is 1. The van der Waals surface area contributed by atoms with E-state index in [-0.39, 0.29) is 6.42 Å². The number of benzene rings is 1. The van der Waals surface area contributed by atoms with Gasteiger partial charge in [-0.15, -0.1) is 0 Å². The van der Waals surface area contributed by atoms with Gasteiger partial charge in [0.15, 0.2) is 0 Å². The van der Waals surface area contributed by atoms with Gasteiger partial charge < -0.3 is 20.4 Å². The van der Waals surface area contributed by atoms with Crippen LogP contribution in [0.25, 0.3) is 0 Å². The van der Waals surface area contributed by atoms with E-state index in [1.54, 1.807) is 14.0 Å². The minimum absolute atomic E-state index is 0.228. The van der Waals surface area contributed by atoms with Crippen LogP contribution in [-0.2, 0) is 11.2 Å². The number of aliphatic hydroxyl groups excluding tert-OH is 1. The summed E-state index contributed by atoms with van der Waals surface area (Å²) in [5.74, 6) is -1.07. The average molecular weight is 294 g/mol. The molecule has 0 spiro atoms. The molecule has 0 bridgehead atoms. The van der Waals surface area contributed by atoms with Crippen LogP contribution in [0.4, 0.5) is 4.79 Å². The van der Waals surface area contributed by atoms with Gasteiger partial charge in [-0.05, 0) is 18.9 Å². The Kier molecular flexibility index (Phi) is 6.68. The van der Waals surface area contributed by atoms with Crippen LogP contribution in [0.5, 0.6) is 0 Å². The van der Waals surface area contributed by atoms with E-state index in [9.17, 15) is 19.8 Å². The number of carboxylic acids is 1. The Hall–Kier alpha value is -2.08. The number of nitrogens with zero attached hydrogens (tertiary/aromatic N) is 1. The summed E-state index contributed by atoms with van der Waals surface area (Å²) >= 11 is 0. The lowest BCUT2D eigenvalue weighted by Gasteiger charge is -2.22. The van der Waals surface area contributed by atoms with Crippen LogP contribution < -0.4 is 5.32 Å². The van der Waals surface area contributed by atoms with Gasteiger partial charge in [-0.2, -0.15) is 0 Å². The maximum Gasteiger partial charge on any atom is 0.326 e. The van der Waals surface area contributed by atoms with Gasteiger partial charge in [0, 0.05) is 20.0 Å². The predicted molar refractivity (Wildman–Crippen MR) is 79.0 cm³/mol. The standard InChI is InChI=1S/C15H22N2O4/c1-11(18)8-9-17(2)15(21)16-13(14(19)20)10-12-6-4-3-5-7-12/h3-7,11,13,18H,8-10H2,1-2H3,(H,16,21)(H,19,20). The molecule has 1 aromatic rings. The van der Waals surface area contributed by atoms with Crippen LogP contribution >= 0.6 is 0 Å². The fraction of sp³-hybridized carbons (Fsp3) is 0.467. The summed E-state index contributed by atoms with van der Waals surface area (Å²) in [5, 5.41) is 20.9. The largest absolute Gasteiger partial charge is 0.480 e. The zero-order valence-corrected chi connectivity index (χ0v) is 12.3. The minimum Gasteiger partial charge on any atom is -0.480 e. The van der Waals surface area contributed by atoms with Gasteiger partial charge >= 0.3 is 12.0 Å². The van der Waals surface area contributed by atoms with Crippen molar-refractivity contribution < 1.29 is 19.8 Å². The third-order valence-electron chi connectivity index (χ3n) is 3.11. The van der Waals surface area contributed by atoms with Crippen LogP contribution in [0.3, 0.4) is 0 Å². The Balaban J connectivity index is 2.58. The number of carbonyl (C=O) groups is 2. The van der Waals surface area contributed by atoms with Crippen molar-refractivity contribution in [1.29, 1.82) is 0 Å². The Morgan fingerprint density at radius 2 is 1.90 bits per heavy atom. The smallest absolute Gasteiger partial charge is 0.326 e. The van der Waals surface area contributed by atoms with E-state index in [0.717, 1.165) is 5.56 Å². The number of amides is 2. The quantitative estimate of drug-likeness (QED) is 0.702. The lowest BCUT2D eigenvalue weighted by molar-refractivity contribution is -0.139. The summed E-state index contributed by atoms with van der Waals surface area (Å²) in [6.45, 7) is 2.00. The fourth-order valence-corrected chi connectivity index (χ4v) is 1.79. The second-order valence-corrected chi connectivity index (χ2v) is 5.09. The van der Waals surface area contributed by atoms with Gasteiger partial charge in [0.25, 0.3) is 0 Å². The van der Waals surface area contributed by atoms with Crippen molar-refractivity contribution in [1.82, 2.24) is 10.2 Å². The van der Waals surface area contributed by atoms with Crippen LogP contribution in [0.2, 0.25) is 0 Å². The first kappa shape index (κ1) is 17.0. The molecule has 3 N–H and O–H groups in total. The zero-order valence-electron chi connectivity index (χ0n) is 12.3. The molecular weight excluding hydrogens is 272 g/mol. The molecule has 0 radical (unpaired) electrons. The van der Waals surface area contributed by atoms with E-state index in [0.29, 0.717) is 13.0 Å². The molecule has 2 atom stereocenters. The highest BCUT2D eigenvalue weighted by atomic mass is 16.4. The molecule has 6 nitrogen and oxygen atoms in total. The molecule has 0 aromatic heterocycles. The highest BCUT2D eigenvalue weighted by Crippen LogP contribution is 2.04. The normalized spacial score (nSPS) is 13.3. The SMILES string of the molecule is CC(O)CCN(C)C(=O)NC(Cc1ccccc1)C(=O)O. The highest BCUT2D eigenvalue weighted by Gasteiger charge is 2.22. The predicted octanol–water partition coefficient (Wildman–Crippen LogP) is 1.09. The third-order valence-corrected chi connectivity index (χ3v) is 3.11. The highest BCUT2D eigenvalue weighted by molar-refractivity contribution is 5.82. The Labute approximate surface area is 124 Å². The molecule has 1 aromatic carbocycles. The number of urea groups is 1. The van der Waals surface area contributed by atoms with Crippen molar-refractivity contribution >= 4 is 12.0 Å². The number of hydrogen-bond acceptors (Lipinski definition) is 3. The molecule has 0 heterocycles. The number of aliphatic carboxylic acids is 1. The van der Waals surface area contributed by atoms with Crippen molar-refractivity contribution in [3.63, 3.8) is 0 Å². The summed E-state index contributed by atoms with van der Waals surface area (Å²) < 4.78 is 0. The molecule has 0 fully saturated rings. The lowest BCUT2D eigenvalue weighted by Crippen LogP contribution is -2.48. The minimum atomic E-state index is -1.07. The van der Waals surface area contributed by atoms with Crippen molar-refractivity contribution in [3.05, 3.63) is 35.9 Å². The van der Waals surface area contributed by atoms with Crippen molar-refractivity contribution in [2.75, 3.05) is 13.6 Å². The molecule has 0 saturated heterocycles. The first-order valence-electron chi connectivity index (χ1n) is 6.86. The van der Waals surface area contributed by atoms with Crippen molar-refractivity contribution in [2.24, 2.45) is 0 Å². The van der Waals surface area contributed by atoms with E-state index >= 15 is 0 Å². The lowest BCUT2D eigenvalue weighted by atomic mass is 10.1. The summed E-state index contributed by atoms with van der Waals surface area (Å²) in [6, 6.07) is 7.70. The average Bonchev–Trinajstić information content (AvgIpc) is 2.44. The number of hydrogen-bond donors (Lipinski definition) is 3. The molecule has 21 heavy (non-hydrogen) atoms. The molecule has 1 rings (SSSR count). The molecular formula is C15H22N2O4. The van der Waals surface area contributed by atoms with Crippen molar-refractivity contribution in [3.8, 4) is 0 Å². The third kappa shape index (κ3) is 6.27. The maximum absolute atomic E-state index is 11.9. The Morgan fingerprint density at radius 3 is 2.43 bits per heavy atom. The molecule has 0 aliphatic rings. The first-order valence-corrected chi connectivity index (χ1v) is 6.86. The molecule has 2 unspecified atom stereocenters. The zero-order chi connectivity index (χ0) is 15.8. The number of carboxylic acid groups (broad SMARTS) is 1. The maximum atomic E-state index is 11.9. The number of nitrogens with one attached hydrogen (secondary N) is 1. The monoisotopic (exact) mass is 294 g/mol. The van der Waals surface area contributed by atoms with Crippen LogP contribution in [-0.4, -0.2) is 52.9 Å². The van der Waals surface area contributed by atoms with Crippen LogP contribution in [0.15, 0.2) is 30.3 Å². The molecule has 0 aliphatic heterocycles. The number of aliphatic hydroxyl groups is 1. The summed E-state index contributed by atoms with van der Waals surface area (Å²) in [5.41, 5.74) is 0.844. The van der Waals surface area contributed by atoms with E-state index in [1.807, 2.05) is 30.3 Å². The summed E-state index contributed by atoms with van der Waals surface area (Å²) in [6.07, 6.45) is 0.173.